The van der Waals surface area contributed by atoms with Crippen LogP contribution in [0.3, 0.4) is 0 Å². The molecule has 0 fully saturated rings. The summed E-state index contributed by atoms with van der Waals surface area (Å²) in [6, 6.07) is 0. The van der Waals surface area contributed by atoms with Crippen molar-refractivity contribution in [3.63, 3.8) is 0 Å². The molecule has 0 bridgehead atoms. The SMILES string of the molecule is [C-]#[N+]C(C)(C)CCCC(C)CCO. The molecule has 0 radical (unpaired) electrons. The topological polar surface area (TPSA) is 24.6 Å². The lowest BCUT2D eigenvalue weighted by molar-refractivity contribution is 0.255. The molecule has 1 unspecified atom stereocenters. The van der Waals surface area contributed by atoms with Crippen molar-refractivity contribution in [3.8, 4) is 0 Å². The second kappa shape index (κ2) is 5.99. The van der Waals surface area contributed by atoms with E-state index in [4.69, 9.17) is 11.7 Å². The molecule has 0 amide bonds. The standard InChI is InChI=1S/C11H21NO/c1-10(7-9-13)6-5-8-11(2,3)12-4/h10,13H,5-9H2,1-3H3. The molecular formula is C11H21NO. The molecule has 0 aliphatic rings. The van der Waals surface area contributed by atoms with E-state index in [1.165, 1.54) is 0 Å². The largest absolute Gasteiger partial charge is 0.396 e. The van der Waals surface area contributed by atoms with Crippen LogP contribution in [0.15, 0.2) is 0 Å². The van der Waals surface area contributed by atoms with E-state index in [0.29, 0.717) is 5.92 Å². The summed E-state index contributed by atoms with van der Waals surface area (Å²) in [6.07, 6.45) is 4.07. The van der Waals surface area contributed by atoms with Gasteiger partial charge in [-0.2, -0.15) is 0 Å². The van der Waals surface area contributed by atoms with Crippen molar-refractivity contribution in [2.75, 3.05) is 6.61 Å². The fourth-order valence-electron chi connectivity index (χ4n) is 1.30. The van der Waals surface area contributed by atoms with Gasteiger partial charge in [0.1, 0.15) is 0 Å². The summed E-state index contributed by atoms with van der Waals surface area (Å²) in [4.78, 5) is 3.56. The molecule has 76 valence electrons. The second-order valence-corrected chi connectivity index (χ2v) is 4.43. The van der Waals surface area contributed by atoms with Crippen molar-refractivity contribution in [2.24, 2.45) is 5.92 Å². The van der Waals surface area contributed by atoms with Crippen LogP contribution >= 0.6 is 0 Å². The van der Waals surface area contributed by atoms with Crippen LogP contribution in [0.25, 0.3) is 4.85 Å². The van der Waals surface area contributed by atoms with Crippen molar-refractivity contribution in [1.82, 2.24) is 0 Å². The van der Waals surface area contributed by atoms with Crippen molar-refractivity contribution in [3.05, 3.63) is 11.4 Å². The zero-order valence-electron chi connectivity index (χ0n) is 9.01. The molecule has 0 saturated carbocycles. The number of hydrogen-bond acceptors (Lipinski definition) is 1. The minimum atomic E-state index is -0.196. The van der Waals surface area contributed by atoms with Gasteiger partial charge in [-0.15, -0.1) is 0 Å². The average molecular weight is 183 g/mol. The van der Waals surface area contributed by atoms with Crippen LogP contribution in [-0.4, -0.2) is 17.3 Å². The van der Waals surface area contributed by atoms with Crippen molar-refractivity contribution in [2.45, 2.75) is 52.0 Å². The minimum absolute atomic E-state index is 0.196. The number of nitrogens with zero attached hydrogens (tertiary/aromatic N) is 1. The predicted octanol–water partition coefficient (Wildman–Crippen LogP) is 2.87. The molecular weight excluding hydrogens is 162 g/mol. The molecule has 0 aromatic rings. The summed E-state index contributed by atoms with van der Waals surface area (Å²) < 4.78 is 0. The summed E-state index contributed by atoms with van der Waals surface area (Å²) in [5.74, 6) is 0.589. The van der Waals surface area contributed by atoms with E-state index in [-0.39, 0.29) is 12.1 Å². The third kappa shape index (κ3) is 6.60. The van der Waals surface area contributed by atoms with E-state index >= 15 is 0 Å². The smallest absolute Gasteiger partial charge is 0.227 e. The van der Waals surface area contributed by atoms with Gasteiger partial charge in [-0.05, 0) is 18.8 Å². The molecule has 2 nitrogen and oxygen atoms in total. The second-order valence-electron chi connectivity index (χ2n) is 4.43. The fourth-order valence-corrected chi connectivity index (χ4v) is 1.30. The number of rotatable bonds is 6. The van der Waals surface area contributed by atoms with E-state index in [9.17, 15) is 0 Å². The summed E-state index contributed by atoms with van der Waals surface area (Å²) in [5, 5.41) is 8.69. The predicted molar refractivity (Wildman–Crippen MR) is 55.4 cm³/mol. The average Bonchev–Trinajstić information content (AvgIpc) is 2.05. The highest BCUT2D eigenvalue weighted by molar-refractivity contribution is 4.88. The maximum absolute atomic E-state index is 8.69. The molecule has 0 aliphatic heterocycles. The third-order valence-electron chi connectivity index (χ3n) is 2.41. The van der Waals surface area contributed by atoms with Crippen LogP contribution < -0.4 is 0 Å². The van der Waals surface area contributed by atoms with Crippen LogP contribution in [0.5, 0.6) is 0 Å². The molecule has 0 spiro atoms. The van der Waals surface area contributed by atoms with Gasteiger partial charge < -0.3 is 9.95 Å². The summed E-state index contributed by atoms with van der Waals surface area (Å²) in [7, 11) is 0. The quantitative estimate of drug-likeness (QED) is 0.629. The molecule has 0 heterocycles. The lowest BCUT2D eigenvalue weighted by Crippen LogP contribution is -2.13. The summed E-state index contributed by atoms with van der Waals surface area (Å²) in [6.45, 7) is 13.4. The van der Waals surface area contributed by atoms with E-state index in [1.807, 2.05) is 13.8 Å². The Morgan fingerprint density at radius 3 is 2.46 bits per heavy atom. The van der Waals surface area contributed by atoms with Crippen LogP contribution in [0.4, 0.5) is 0 Å². The van der Waals surface area contributed by atoms with Crippen LogP contribution in [0.2, 0.25) is 0 Å². The molecule has 0 rings (SSSR count). The monoisotopic (exact) mass is 183 g/mol. The van der Waals surface area contributed by atoms with Gasteiger partial charge in [0, 0.05) is 26.9 Å². The first-order chi connectivity index (χ1) is 6.02. The Bertz CT molecular complexity index is 169. The number of hydrogen-bond donors (Lipinski definition) is 1. The first kappa shape index (κ1) is 12.4. The zero-order valence-corrected chi connectivity index (χ0v) is 9.01. The van der Waals surface area contributed by atoms with Gasteiger partial charge in [-0.25, -0.2) is 6.57 Å². The molecule has 0 saturated heterocycles. The normalized spacial score (nSPS) is 13.8. The maximum Gasteiger partial charge on any atom is 0.227 e. The first-order valence-electron chi connectivity index (χ1n) is 5.01. The Morgan fingerprint density at radius 2 is 2.00 bits per heavy atom. The molecule has 0 aliphatic carbocycles. The van der Waals surface area contributed by atoms with Crippen molar-refractivity contribution < 1.29 is 5.11 Å². The van der Waals surface area contributed by atoms with E-state index in [2.05, 4.69) is 11.8 Å². The van der Waals surface area contributed by atoms with Crippen LogP contribution in [0, 0.1) is 12.5 Å². The Labute approximate surface area is 81.8 Å². The van der Waals surface area contributed by atoms with Gasteiger partial charge in [0.15, 0.2) is 0 Å². The molecule has 13 heavy (non-hydrogen) atoms. The molecule has 1 N–H and O–H groups in total. The van der Waals surface area contributed by atoms with Gasteiger partial charge in [0.2, 0.25) is 5.54 Å². The zero-order chi connectivity index (χ0) is 10.3. The first-order valence-corrected chi connectivity index (χ1v) is 5.01. The Balaban J connectivity index is 3.51. The van der Waals surface area contributed by atoms with Gasteiger partial charge in [-0.3, -0.25) is 0 Å². The minimum Gasteiger partial charge on any atom is -0.396 e. The molecule has 0 aromatic carbocycles. The molecule has 2 heteroatoms. The van der Waals surface area contributed by atoms with E-state index in [0.717, 1.165) is 25.7 Å². The van der Waals surface area contributed by atoms with Crippen LogP contribution in [0.1, 0.15) is 46.5 Å². The van der Waals surface area contributed by atoms with Crippen molar-refractivity contribution >= 4 is 0 Å². The maximum atomic E-state index is 8.69. The van der Waals surface area contributed by atoms with Crippen molar-refractivity contribution in [1.29, 1.82) is 0 Å². The van der Waals surface area contributed by atoms with E-state index in [1.54, 1.807) is 0 Å². The Morgan fingerprint density at radius 1 is 1.38 bits per heavy atom. The highest BCUT2D eigenvalue weighted by Crippen LogP contribution is 2.20. The molecule has 0 aromatic heterocycles. The highest BCUT2D eigenvalue weighted by atomic mass is 16.3. The lowest BCUT2D eigenvalue weighted by atomic mass is 9.94. The Kier molecular flexibility index (Phi) is 5.73. The number of aliphatic hydroxyl groups is 1. The van der Waals surface area contributed by atoms with Gasteiger partial charge >= 0.3 is 0 Å². The lowest BCUT2D eigenvalue weighted by Gasteiger charge is -2.13. The van der Waals surface area contributed by atoms with Gasteiger partial charge in [-0.1, -0.05) is 13.3 Å². The third-order valence-corrected chi connectivity index (χ3v) is 2.41. The summed E-state index contributed by atoms with van der Waals surface area (Å²) >= 11 is 0. The van der Waals surface area contributed by atoms with E-state index < -0.39 is 0 Å². The molecule has 1 atom stereocenters. The summed E-state index contributed by atoms with van der Waals surface area (Å²) in [5.41, 5.74) is -0.196. The Hall–Kier alpha value is -0.550. The van der Waals surface area contributed by atoms with Crippen LogP contribution in [-0.2, 0) is 0 Å². The van der Waals surface area contributed by atoms with Gasteiger partial charge in [0.05, 0.1) is 0 Å². The number of aliphatic hydroxyl groups excluding tert-OH is 1. The fraction of sp³-hybridized carbons (Fsp3) is 0.909. The highest BCUT2D eigenvalue weighted by Gasteiger charge is 2.21. The van der Waals surface area contributed by atoms with Gasteiger partial charge in [0.25, 0.3) is 0 Å².